The van der Waals surface area contributed by atoms with Crippen LogP contribution >= 0.6 is 23.2 Å². The van der Waals surface area contributed by atoms with Gasteiger partial charge in [-0.25, -0.2) is 4.79 Å². The van der Waals surface area contributed by atoms with Crippen molar-refractivity contribution in [2.24, 2.45) is 0 Å². The monoisotopic (exact) mass is 842 g/mol. The number of aryl methyl sites for hydroxylation is 2. The lowest BCUT2D eigenvalue weighted by Gasteiger charge is -2.37. The number of anilines is 1. The molecule has 3 amide bonds. The van der Waals surface area contributed by atoms with E-state index in [0.717, 1.165) is 56.1 Å². The SMILES string of the molecule is Cc1cccc(NC(=O)N2Cc3cc4c(cc3CC2C(=O)NCCc2ccc(Oc3ccnc(C)c3C)cc2)OCC(c2ccc(OCc3ccc(Cl)c(Cl)c3)cc2)O4)c1. The third-order valence-corrected chi connectivity index (χ3v) is 11.5. The molecule has 0 saturated carbocycles. The van der Waals surface area contributed by atoms with Crippen molar-refractivity contribution in [3.63, 3.8) is 0 Å². The van der Waals surface area contributed by atoms with Crippen LogP contribution < -0.4 is 29.6 Å². The molecular formula is C48H44Cl2N4O6. The van der Waals surface area contributed by atoms with Crippen LogP contribution in [0.25, 0.3) is 0 Å². The number of urea groups is 1. The largest absolute Gasteiger partial charge is 0.489 e. The standard InChI is InChI=1S/C48H44Cl2N4O6/c1-29-5-4-6-37(21-29)53-48(56)54-26-36-25-45-44(58-28-46(60-45)34-10-14-38(15-11-34)57-27-33-9-16-40(49)41(50)22-33)24-35(36)23-42(54)47(55)52-19-17-32-7-12-39(13-8-32)59-43-18-20-51-31(3)30(43)2/h4-16,18,20-22,24-25,42,46H,17,19,23,26-28H2,1-3H3,(H,52,55)(H,53,56). The number of pyridine rings is 1. The van der Waals surface area contributed by atoms with Crippen LogP contribution in [0.4, 0.5) is 10.5 Å². The Balaban J connectivity index is 0.932. The van der Waals surface area contributed by atoms with E-state index in [1.54, 1.807) is 23.2 Å². The number of hydrogen-bond donors (Lipinski definition) is 2. The van der Waals surface area contributed by atoms with Gasteiger partial charge in [-0.1, -0.05) is 65.7 Å². The maximum absolute atomic E-state index is 14.0. The molecule has 12 heteroatoms. The minimum absolute atomic E-state index is 0.204. The first kappa shape index (κ1) is 40.5. The van der Waals surface area contributed by atoms with Crippen molar-refractivity contribution in [2.75, 3.05) is 18.5 Å². The Morgan fingerprint density at radius 3 is 2.38 bits per heavy atom. The second-order valence-electron chi connectivity index (χ2n) is 15.0. The van der Waals surface area contributed by atoms with Crippen LogP contribution in [0.3, 0.4) is 0 Å². The fourth-order valence-electron chi connectivity index (χ4n) is 7.28. The zero-order valence-corrected chi connectivity index (χ0v) is 35.0. The van der Waals surface area contributed by atoms with E-state index < -0.39 is 6.04 Å². The quantitative estimate of drug-likeness (QED) is 0.134. The maximum atomic E-state index is 14.0. The van der Waals surface area contributed by atoms with Gasteiger partial charge in [0.15, 0.2) is 17.6 Å². The van der Waals surface area contributed by atoms with Crippen molar-refractivity contribution >= 4 is 40.8 Å². The van der Waals surface area contributed by atoms with E-state index in [9.17, 15) is 9.59 Å². The summed E-state index contributed by atoms with van der Waals surface area (Å²) in [6.45, 7) is 7.15. The molecule has 2 atom stereocenters. The van der Waals surface area contributed by atoms with Crippen LogP contribution in [0.2, 0.25) is 10.0 Å². The van der Waals surface area contributed by atoms with Gasteiger partial charge in [0.2, 0.25) is 5.91 Å². The number of hydrogen-bond acceptors (Lipinski definition) is 7. The molecule has 0 aliphatic carbocycles. The lowest BCUT2D eigenvalue weighted by atomic mass is 9.92. The Morgan fingerprint density at radius 1 is 0.833 bits per heavy atom. The lowest BCUT2D eigenvalue weighted by Crippen LogP contribution is -2.54. The van der Waals surface area contributed by atoms with Crippen LogP contribution in [0.5, 0.6) is 28.7 Å². The minimum Gasteiger partial charge on any atom is -0.489 e. The molecule has 0 spiro atoms. The van der Waals surface area contributed by atoms with Gasteiger partial charge in [-0.05, 0) is 127 Å². The summed E-state index contributed by atoms with van der Waals surface area (Å²) in [5.41, 5.74) is 8.27. The molecule has 0 fully saturated rings. The number of nitrogens with zero attached hydrogens (tertiary/aromatic N) is 2. The number of ether oxygens (including phenoxy) is 4. The zero-order chi connectivity index (χ0) is 41.8. The van der Waals surface area contributed by atoms with Crippen molar-refractivity contribution in [3.8, 4) is 28.7 Å². The minimum atomic E-state index is -0.752. The van der Waals surface area contributed by atoms with E-state index in [2.05, 4.69) is 15.6 Å². The summed E-state index contributed by atoms with van der Waals surface area (Å²) < 4.78 is 24.8. The van der Waals surface area contributed by atoms with Gasteiger partial charge >= 0.3 is 6.03 Å². The Kier molecular flexibility index (Phi) is 12.1. The molecule has 2 unspecified atom stereocenters. The summed E-state index contributed by atoms with van der Waals surface area (Å²) in [6.07, 6.45) is 2.29. The van der Waals surface area contributed by atoms with Gasteiger partial charge in [-0.3, -0.25) is 9.78 Å². The molecule has 0 bridgehead atoms. The highest BCUT2D eigenvalue weighted by Gasteiger charge is 2.36. The molecule has 3 heterocycles. The fourth-order valence-corrected chi connectivity index (χ4v) is 7.60. The van der Waals surface area contributed by atoms with Crippen molar-refractivity contribution in [1.82, 2.24) is 15.2 Å². The third kappa shape index (κ3) is 9.46. The number of carbonyl (C=O) groups excluding carboxylic acids is 2. The van der Waals surface area contributed by atoms with Gasteiger partial charge in [0.25, 0.3) is 0 Å². The third-order valence-electron chi connectivity index (χ3n) is 10.8. The first-order valence-electron chi connectivity index (χ1n) is 19.8. The molecule has 306 valence electrons. The zero-order valence-electron chi connectivity index (χ0n) is 33.5. The predicted molar refractivity (Wildman–Crippen MR) is 233 cm³/mol. The van der Waals surface area contributed by atoms with Crippen molar-refractivity contribution < 1.29 is 28.5 Å². The molecule has 10 nitrogen and oxygen atoms in total. The summed E-state index contributed by atoms with van der Waals surface area (Å²) >= 11 is 12.2. The fraction of sp³-hybridized carbons (Fsp3) is 0.229. The average molecular weight is 844 g/mol. The van der Waals surface area contributed by atoms with Gasteiger partial charge < -0.3 is 34.5 Å². The molecular weight excluding hydrogens is 799 g/mol. The number of rotatable bonds is 11. The molecule has 2 aliphatic heterocycles. The van der Waals surface area contributed by atoms with E-state index in [1.807, 2.05) is 118 Å². The summed E-state index contributed by atoms with van der Waals surface area (Å²) in [6, 6.07) is 33.1. The topological polar surface area (TPSA) is 111 Å². The summed E-state index contributed by atoms with van der Waals surface area (Å²) in [7, 11) is 0. The van der Waals surface area contributed by atoms with Crippen molar-refractivity contribution in [2.45, 2.75) is 58.9 Å². The Morgan fingerprint density at radius 2 is 1.60 bits per heavy atom. The number of halogens is 2. The van der Waals surface area contributed by atoms with Gasteiger partial charge in [0, 0.05) is 42.7 Å². The summed E-state index contributed by atoms with van der Waals surface area (Å²) in [4.78, 5) is 33.8. The molecule has 0 saturated heterocycles. The molecule has 6 aromatic rings. The maximum Gasteiger partial charge on any atom is 0.322 e. The molecule has 8 rings (SSSR count). The number of fused-ring (bicyclic) bond motifs is 2. The van der Waals surface area contributed by atoms with Crippen molar-refractivity contribution in [3.05, 3.63) is 170 Å². The summed E-state index contributed by atoms with van der Waals surface area (Å²) in [5, 5.41) is 7.09. The molecule has 0 radical (unpaired) electrons. The van der Waals surface area contributed by atoms with Crippen molar-refractivity contribution in [1.29, 1.82) is 0 Å². The lowest BCUT2D eigenvalue weighted by molar-refractivity contribution is -0.125. The molecule has 5 aromatic carbocycles. The average Bonchev–Trinajstić information content (AvgIpc) is 3.25. The normalized spacial score (nSPS) is 15.4. The number of amides is 3. The first-order chi connectivity index (χ1) is 29.1. The van der Waals surface area contributed by atoms with Crippen LogP contribution in [0, 0.1) is 20.8 Å². The number of nitrogens with one attached hydrogen (secondary N) is 2. The number of benzene rings is 5. The first-order valence-corrected chi connectivity index (χ1v) is 20.5. The Bertz CT molecular complexity index is 2530. The second kappa shape index (κ2) is 17.9. The highest BCUT2D eigenvalue weighted by Crippen LogP contribution is 2.41. The molecule has 2 N–H and O–H groups in total. The highest BCUT2D eigenvalue weighted by atomic mass is 35.5. The van der Waals surface area contributed by atoms with Crippen LogP contribution in [-0.4, -0.2) is 41.0 Å². The van der Waals surface area contributed by atoms with Gasteiger partial charge in [0.1, 0.15) is 36.5 Å². The van der Waals surface area contributed by atoms with E-state index >= 15 is 0 Å². The molecule has 60 heavy (non-hydrogen) atoms. The van der Waals surface area contributed by atoms with Crippen LogP contribution in [0.15, 0.2) is 115 Å². The number of carbonyl (C=O) groups is 2. The predicted octanol–water partition coefficient (Wildman–Crippen LogP) is 10.5. The summed E-state index contributed by atoms with van der Waals surface area (Å²) in [5.74, 6) is 3.13. The van der Waals surface area contributed by atoms with E-state index in [1.165, 1.54) is 0 Å². The molecule has 1 aromatic heterocycles. The second-order valence-corrected chi connectivity index (χ2v) is 15.9. The Labute approximate surface area is 359 Å². The highest BCUT2D eigenvalue weighted by molar-refractivity contribution is 6.42. The van der Waals surface area contributed by atoms with E-state index in [0.29, 0.717) is 65.6 Å². The van der Waals surface area contributed by atoms with Gasteiger partial charge in [0.05, 0.1) is 10.0 Å². The number of aromatic nitrogens is 1. The van der Waals surface area contributed by atoms with Gasteiger partial charge in [-0.15, -0.1) is 0 Å². The molecule has 2 aliphatic rings. The smallest absolute Gasteiger partial charge is 0.322 e. The van der Waals surface area contributed by atoms with Crippen LogP contribution in [0.1, 0.15) is 50.7 Å². The Hall–Kier alpha value is -6.23. The van der Waals surface area contributed by atoms with Crippen LogP contribution in [-0.2, 0) is 30.8 Å². The van der Waals surface area contributed by atoms with Gasteiger partial charge in [-0.2, -0.15) is 0 Å². The van der Waals surface area contributed by atoms with E-state index in [-0.39, 0.29) is 24.6 Å². The van der Waals surface area contributed by atoms with E-state index in [4.69, 9.17) is 42.1 Å².